The molecule has 1 aromatic carbocycles. The van der Waals surface area contributed by atoms with Crippen LogP contribution in [-0.2, 0) is 16.0 Å². The van der Waals surface area contributed by atoms with E-state index in [1.807, 2.05) is 6.07 Å². The molecular weight excluding hydrogens is 290 g/mol. The summed E-state index contributed by atoms with van der Waals surface area (Å²) < 4.78 is 10.3. The van der Waals surface area contributed by atoms with Gasteiger partial charge in [-0.25, -0.2) is 4.79 Å². The third kappa shape index (κ3) is 3.07. The Labute approximate surface area is 130 Å². The minimum absolute atomic E-state index is 0.324. The van der Waals surface area contributed by atoms with Gasteiger partial charge in [0, 0.05) is 30.1 Å². The van der Waals surface area contributed by atoms with E-state index < -0.39 is 0 Å². The van der Waals surface area contributed by atoms with E-state index in [2.05, 4.69) is 4.90 Å². The number of carbonyl (C=O) groups excluding carboxylic acids is 1. The summed E-state index contributed by atoms with van der Waals surface area (Å²) in [5.41, 5.74) is 1.87. The van der Waals surface area contributed by atoms with E-state index in [0.29, 0.717) is 16.0 Å². The molecule has 21 heavy (non-hydrogen) atoms. The summed E-state index contributed by atoms with van der Waals surface area (Å²) in [5, 5.41) is 0.700. The summed E-state index contributed by atoms with van der Waals surface area (Å²) in [6.07, 6.45) is 2.33. The summed E-state index contributed by atoms with van der Waals surface area (Å²) in [6.45, 7) is 4.63. The van der Waals surface area contributed by atoms with Gasteiger partial charge in [-0.05, 0) is 43.1 Å². The number of benzene rings is 1. The number of hydrogen-bond acceptors (Lipinski definition) is 4. The second kappa shape index (κ2) is 5.95. The molecule has 2 saturated heterocycles. The fraction of sp³-hybridized carbons (Fsp3) is 0.562. The molecule has 0 aromatic heterocycles. The van der Waals surface area contributed by atoms with Crippen molar-refractivity contribution in [1.29, 1.82) is 0 Å². The van der Waals surface area contributed by atoms with Crippen LogP contribution in [0.4, 0.5) is 0 Å². The van der Waals surface area contributed by atoms with E-state index in [-0.39, 0.29) is 5.97 Å². The molecule has 4 nitrogen and oxygen atoms in total. The van der Waals surface area contributed by atoms with Gasteiger partial charge in [0.1, 0.15) is 0 Å². The van der Waals surface area contributed by atoms with Gasteiger partial charge in [-0.3, -0.25) is 4.90 Å². The van der Waals surface area contributed by atoms with Gasteiger partial charge in [0.2, 0.25) is 0 Å². The zero-order valence-electron chi connectivity index (χ0n) is 12.2. The van der Waals surface area contributed by atoms with Crippen molar-refractivity contribution in [3.05, 3.63) is 34.3 Å². The number of nitrogens with zero attached hydrogens (tertiary/aromatic N) is 1. The Hall–Kier alpha value is -1.10. The van der Waals surface area contributed by atoms with Crippen molar-refractivity contribution in [2.45, 2.75) is 19.4 Å². The van der Waals surface area contributed by atoms with Gasteiger partial charge in [0.05, 0.1) is 19.3 Å². The second-order valence-electron chi connectivity index (χ2n) is 6.06. The minimum atomic E-state index is -0.324. The molecule has 5 heteroatoms. The van der Waals surface area contributed by atoms with Crippen molar-refractivity contribution in [3.8, 4) is 0 Å². The standard InChI is InChI=1S/C16H20ClNO3/c1-20-15(19)12-2-3-14(17)13(8-12)9-18-6-4-16(10-18)5-7-21-11-16/h2-3,8H,4-7,9-11H2,1H3/t16-/m0/s1. The normalized spacial score (nSPS) is 25.6. The van der Waals surface area contributed by atoms with Crippen LogP contribution in [0.25, 0.3) is 0 Å². The maximum atomic E-state index is 11.6. The van der Waals surface area contributed by atoms with E-state index in [4.69, 9.17) is 21.1 Å². The Bertz CT molecular complexity index is 540. The van der Waals surface area contributed by atoms with Crippen LogP contribution in [0.1, 0.15) is 28.8 Å². The number of ether oxygens (including phenoxy) is 2. The van der Waals surface area contributed by atoms with Crippen molar-refractivity contribution < 1.29 is 14.3 Å². The number of methoxy groups -OCH3 is 1. The second-order valence-corrected chi connectivity index (χ2v) is 6.47. The SMILES string of the molecule is COC(=O)c1ccc(Cl)c(CN2CC[C@]3(CCOC3)C2)c1. The molecule has 0 bridgehead atoms. The zero-order valence-corrected chi connectivity index (χ0v) is 13.0. The van der Waals surface area contributed by atoms with Gasteiger partial charge >= 0.3 is 5.97 Å². The van der Waals surface area contributed by atoms with Crippen LogP contribution < -0.4 is 0 Å². The van der Waals surface area contributed by atoms with Crippen LogP contribution in [0.3, 0.4) is 0 Å². The average molecular weight is 310 g/mol. The van der Waals surface area contributed by atoms with Crippen LogP contribution >= 0.6 is 11.6 Å². The first kappa shape index (κ1) is 14.8. The smallest absolute Gasteiger partial charge is 0.337 e. The highest BCUT2D eigenvalue weighted by atomic mass is 35.5. The summed E-state index contributed by atoms with van der Waals surface area (Å²) in [6, 6.07) is 5.31. The van der Waals surface area contributed by atoms with E-state index in [1.54, 1.807) is 12.1 Å². The van der Waals surface area contributed by atoms with Crippen molar-refractivity contribution in [2.75, 3.05) is 33.4 Å². The van der Waals surface area contributed by atoms with Gasteiger partial charge in [-0.1, -0.05) is 11.6 Å². The summed E-state index contributed by atoms with van der Waals surface area (Å²) >= 11 is 6.27. The molecule has 2 aliphatic rings. The lowest BCUT2D eigenvalue weighted by Crippen LogP contribution is -2.27. The number of likely N-dealkylation sites (tertiary alicyclic amines) is 1. The summed E-state index contributed by atoms with van der Waals surface area (Å²) in [7, 11) is 1.39. The lowest BCUT2D eigenvalue weighted by atomic mass is 9.87. The Morgan fingerprint density at radius 1 is 1.48 bits per heavy atom. The maximum absolute atomic E-state index is 11.6. The van der Waals surface area contributed by atoms with Gasteiger partial charge in [0.25, 0.3) is 0 Å². The molecule has 0 N–H and O–H groups in total. The first-order valence-corrected chi connectivity index (χ1v) is 7.67. The van der Waals surface area contributed by atoms with Gasteiger partial charge in [-0.15, -0.1) is 0 Å². The van der Waals surface area contributed by atoms with Crippen LogP contribution in [0, 0.1) is 5.41 Å². The van der Waals surface area contributed by atoms with Crippen LogP contribution in [-0.4, -0.2) is 44.3 Å². The average Bonchev–Trinajstić information content (AvgIpc) is 3.11. The molecule has 1 spiro atoms. The molecule has 1 aromatic rings. The molecule has 0 amide bonds. The predicted molar refractivity (Wildman–Crippen MR) is 80.6 cm³/mol. The Balaban J connectivity index is 1.71. The highest BCUT2D eigenvalue weighted by Crippen LogP contribution is 2.39. The fourth-order valence-corrected chi connectivity index (χ4v) is 3.49. The quantitative estimate of drug-likeness (QED) is 0.805. The summed E-state index contributed by atoms with van der Waals surface area (Å²) in [4.78, 5) is 14.0. The Morgan fingerprint density at radius 2 is 2.33 bits per heavy atom. The van der Waals surface area contributed by atoms with Crippen molar-refractivity contribution in [1.82, 2.24) is 4.90 Å². The molecule has 3 rings (SSSR count). The molecule has 0 aliphatic carbocycles. The van der Waals surface area contributed by atoms with Crippen molar-refractivity contribution in [2.24, 2.45) is 5.41 Å². The molecule has 0 unspecified atom stereocenters. The monoisotopic (exact) mass is 309 g/mol. The molecule has 114 valence electrons. The third-order valence-corrected chi connectivity index (χ3v) is 4.93. The highest BCUT2D eigenvalue weighted by molar-refractivity contribution is 6.31. The predicted octanol–water partition coefficient (Wildman–Crippen LogP) is 2.74. The first-order valence-electron chi connectivity index (χ1n) is 7.29. The van der Waals surface area contributed by atoms with Gasteiger partial charge in [0.15, 0.2) is 0 Å². The largest absolute Gasteiger partial charge is 0.465 e. The lowest BCUT2D eigenvalue weighted by molar-refractivity contribution is 0.0600. The van der Waals surface area contributed by atoms with E-state index in [9.17, 15) is 4.79 Å². The van der Waals surface area contributed by atoms with Crippen molar-refractivity contribution >= 4 is 17.6 Å². The van der Waals surface area contributed by atoms with E-state index in [1.165, 1.54) is 13.5 Å². The molecule has 2 heterocycles. The van der Waals surface area contributed by atoms with E-state index >= 15 is 0 Å². The van der Waals surface area contributed by atoms with Crippen LogP contribution in [0.15, 0.2) is 18.2 Å². The topological polar surface area (TPSA) is 38.8 Å². The molecule has 2 fully saturated rings. The zero-order chi connectivity index (χ0) is 14.9. The fourth-order valence-electron chi connectivity index (χ4n) is 3.32. The third-order valence-electron chi connectivity index (χ3n) is 4.56. The van der Waals surface area contributed by atoms with Crippen LogP contribution in [0.2, 0.25) is 5.02 Å². The molecule has 0 saturated carbocycles. The summed E-state index contributed by atoms with van der Waals surface area (Å²) in [5.74, 6) is -0.324. The molecule has 1 atom stereocenters. The van der Waals surface area contributed by atoms with Crippen molar-refractivity contribution in [3.63, 3.8) is 0 Å². The maximum Gasteiger partial charge on any atom is 0.337 e. The Kier molecular flexibility index (Phi) is 4.20. The number of hydrogen-bond donors (Lipinski definition) is 0. The van der Waals surface area contributed by atoms with Gasteiger partial charge in [-0.2, -0.15) is 0 Å². The Morgan fingerprint density at radius 3 is 3.05 bits per heavy atom. The van der Waals surface area contributed by atoms with Gasteiger partial charge < -0.3 is 9.47 Å². The minimum Gasteiger partial charge on any atom is -0.465 e. The van der Waals surface area contributed by atoms with Crippen LogP contribution in [0.5, 0.6) is 0 Å². The molecule has 0 radical (unpaired) electrons. The highest BCUT2D eigenvalue weighted by Gasteiger charge is 2.41. The number of rotatable bonds is 3. The first-order chi connectivity index (χ1) is 10.1. The van der Waals surface area contributed by atoms with E-state index in [0.717, 1.165) is 44.8 Å². The lowest BCUT2D eigenvalue weighted by Gasteiger charge is -2.22. The number of halogens is 1. The number of carbonyl (C=O) groups is 1. The molecule has 2 aliphatic heterocycles. The number of esters is 1. The molecular formula is C16H20ClNO3.